The predicted octanol–water partition coefficient (Wildman–Crippen LogP) is 0.894. The number of carboxylic acid groups (broad SMARTS) is 1. The number of aliphatic carboxylic acids is 1. The second-order valence-corrected chi connectivity index (χ2v) is 5.32. The van der Waals surface area contributed by atoms with Gasteiger partial charge in [0.1, 0.15) is 6.61 Å². The van der Waals surface area contributed by atoms with E-state index >= 15 is 0 Å². The molecule has 0 radical (unpaired) electrons. The minimum absolute atomic E-state index is 0.0000694. The zero-order chi connectivity index (χ0) is 14.3. The monoisotopic (exact) mass is 277 g/mol. The molecule has 2 fully saturated rings. The Morgan fingerprint density at radius 2 is 2.05 bits per heavy atom. The predicted molar refractivity (Wildman–Crippen MR) is 66.7 cm³/mol. The summed E-state index contributed by atoms with van der Waals surface area (Å²) in [6, 6.07) is 9.02. The fourth-order valence-corrected chi connectivity index (χ4v) is 2.96. The Bertz CT molecular complexity index is 542. The number of fused-ring (bicyclic) bond motifs is 1. The molecule has 1 aromatic rings. The maximum atomic E-state index is 12.2. The Labute approximate surface area is 115 Å². The molecule has 6 nitrogen and oxygen atoms in total. The highest BCUT2D eigenvalue weighted by Crippen LogP contribution is 2.55. The summed E-state index contributed by atoms with van der Waals surface area (Å²) in [6.45, 7) is 0.206. The maximum absolute atomic E-state index is 12.2. The van der Waals surface area contributed by atoms with Crippen LogP contribution in [0.3, 0.4) is 0 Å². The fourth-order valence-electron chi connectivity index (χ4n) is 2.96. The lowest BCUT2D eigenvalue weighted by Gasteiger charge is -2.30. The summed E-state index contributed by atoms with van der Waals surface area (Å²) in [5.74, 6) is -2.52. The molecule has 20 heavy (non-hydrogen) atoms. The minimum atomic E-state index is -1.93. The third-order valence-electron chi connectivity index (χ3n) is 4.12. The molecule has 1 aliphatic carbocycles. The second kappa shape index (κ2) is 4.57. The molecule has 6 heteroatoms. The molecular formula is C14H15NO5. The molecule has 3 rings (SSSR count). The van der Waals surface area contributed by atoms with Gasteiger partial charge in [0.05, 0.1) is 0 Å². The maximum Gasteiger partial charge on any atom is 0.341 e. The van der Waals surface area contributed by atoms with Crippen molar-refractivity contribution in [3.05, 3.63) is 35.9 Å². The molecule has 1 heterocycles. The van der Waals surface area contributed by atoms with Crippen molar-refractivity contribution in [2.75, 3.05) is 6.54 Å². The molecule has 3 unspecified atom stereocenters. The van der Waals surface area contributed by atoms with Gasteiger partial charge in [0.2, 0.25) is 5.54 Å². The first-order chi connectivity index (χ1) is 9.56. The van der Waals surface area contributed by atoms with Gasteiger partial charge in [-0.1, -0.05) is 30.3 Å². The van der Waals surface area contributed by atoms with Crippen LogP contribution in [0.4, 0.5) is 0 Å². The molecule has 2 aliphatic rings. The van der Waals surface area contributed by atoms with Crippen LogP contribution in [0.25, 0.3) is 0 Å². The molecule has 106 valence electrons. The summed E-state index contributed by atoms with van der Waals surface area (Å²) in [5.41, 5.74) is -1.16. The summed E-state index contributed by atoms with van der Waals surface area (Å²) in [6.07, 6.45) is 0.643. The van der Waals surface area contributed by atoms with E-state index in [1.807, 2.05) is 6.07 Å². The number of carbonyl (C=O) groups is 2. The van der Waals surface area contributed by atoms with Crippen molar-refractivity contribution in [2.45, 2.75) is 18.6 Å². The van der Waals surface area contributed by atoms with E-state index < -0.39 is 17.5 Å². The smallest absolute Gasteiger partial charge is 0.341 e. The number of benzene rings is 1. The number of rotatable bonds is 4. The highest BCUT2D eigenvalue weighted by atomic mass is 16.6. The highest BCUT2D eigenvalue weighted by molar-refractivity contribution is 6.05. The zero-order valence-electron chi connectivity index (χ0n) is 10.7. The van der Waals surface area contributed by atoms with Crippen molar-refractivity contribution < 1.29 is 24.6 Å². The van der Waals surface area contributed by atoms with E-state index in [0.29, 0.717) is 11.5 Å². The van der Waals surface area contributed by atoms with Gasteiger partial charge in [-0.05, 0) is 17.9 Å². The molecule has 1 saturated carbocycles. The number of carbonyl (C=O) groups excluding carboxylic acids is 1. The summed E-state index contributed by atoms with van der Waals surface area (Å²) in [4.78, 5) is 23.7. The summed E-state index contributed by atoms with van der Waals surface area (Å²) in [5, 5.41) is 19.9. The molecule has 1 saturated heterocycles. The third-order valence-corrected chi connectivity index (χ3v) is 4.12. The molecule has 2 N–H and O–H groups in total. The zero-order valence-corrected chi connectivity index (χ0v) is 10.7. The van der Waals surface area contributed by atoms with Crippen LogP contribution in [0.1, 0.15) is 12.0 Å². The van der Waals surface area contributed by atoms with Crippen LogP contribution in [0.15, 0.2) is 30.3 Å². The van der Waals surface area contributed by atoms with Crippen molar-refractivity contribution in [2.24, 2.45) is 11.8 Å². The standard InChI is InChI=1S/C14H15NO5/c16-12(17)14(11-6-10(11)7-15(14)19)13(18)20-8-9-4-2-1-3-5-9/h1-5,10-11,19H,6-8H2,(H,16,17). The van der Waals surface area contributed by atoms with E-state index in [0.717, 1.165) is 5.56 Å². The normalized spacial score (nSPS) is 31.6. The first-order valence-corrected chi connectivity index (χ1v) is 6.48. The second-order valence-electron chi connectivity index (χ2n) is 5.32. The molecule has 1 aliphatic heterocycles. The van der Waals surface area contributed by atoms with E-state index in [1.165, 1.54) is 0 Å². The fraction of sp³-hybridized carbons (Fsp3) is 0.429. The van der Waals surface area contributed by atoms with Crippen LogP contribution in [-0.2, 0) is 20.9 Å². The first kappa shape index (κ1) is 13.1. The number of ether oxygens (including phenoxy) is 1. The van der Waals surface area contributed by atoms with Crippen molar-refractivity contribution >= 4 is 11.9 Å². The quantitative estimate of drug-likeness (QED) is 0.628. The lowest BCUT2D eigenvalue weighted by atomic mass is 9.94. The number of carboxylic acids is 1. The topological polar surface area (TPSA) is 87.1 Å². The Morgan fingerprint density at radius 1 is 1.35 bits per heavy atom. The molecule has 0 aromatic heterocycles. The summed E-state index contributed by atoms with van der Waals surface area (Å²) >= 11 is 0. The number of hydrogen-bond donors (Lipinski definition) is 2. The SMILES string of the molecule is O=C(O)C1(C(=O)OCc2ccccc2)C2CC2CN1O. The van der Waals surface area contributed by atoms with Crippen LogP contribution < -0.4 is 0 Å². The van der Waals surface area contributed by atoms with Gasteiger partial charge in [0.25, 0.3) is 0 Å². The largest absolute Gasteiger partial charge is 0.479 e. The number of hydrogen-bond acceptors (Lipinski definition) is 5. The van der Waals surface area contributed by atoms with Crippen molar-refractivity contribution in [1.29, 1.82) is 0 Å². The van der Waals surface area contributed by atoms with Crippen LogP contribution in [0.5, 0.6) is 0 Å². The van der Waals surface area contributed by atoms with Crippen LogP contribution in [-0.4, -0.2) is 39.4 Å². The number of esters is 1. The van der Waals surface area contributed by atoms with Gasteiger partial charge in [-0.15, -0.1) is 0 Å². The van der Waals surface area contributed by atoms with Gasteiger partial charge in [-0.2, -0.15) is 5.06 Å². The minimum Gasteiger partial charge on any atom is -0.479 e. The lowest BCUT2D eigenvalue weighted by molar-refractivity contribution is -0.207. The molecule has 0 spiro atoms. The first-order valence-electron chi connectivity index (χ1n) is 6.48. The van der Waals surface area contributed by atoms with Gasteiger partial charge in [0, 0.05) is 12.5 Å². The van der Waals surface area contributed by atoms with Crippen LogP contribution in [0, 0.1) is 11.8 Å². The Morgan fingerprint density at radius 3 is 2.60 bits per heavy atom. The third kappa shape index (κ3) is 1.80. The van der Waals surface area contributed by atoms with Crippen LogP contribution >= 0.6 is 0 Å². The van der Waals surface area contributed by atoms with Crippen LogP contribution in [0.2, 0.25) is 0 Å². The van der Waals surface area contributed by atoms with Gasteiger partial charge in [-0.25, -0.2) is 9.59 Å². The summed E-state index contributed by atoms with van der Waals surface area (Å²) < 4.78 is 5.12. The molecule has 0 amide bonds. The van der Waals surface area contributed by atoms with Crippen molar-refractivity contribution in [3.8, 4) is 0 Å². The average molecular weight is 277 g/mol. The Balaban J connectivity index is 1.76. The lowest BCUT2D eigenvalue weighted by Crippen LogP contribution is -2.58. The van der Waals surface area contributed by atoms with E-state index in [4.69, 9.17) is 4.74 Å². The van der Waals surface area contributed by atoms with E-state index in [1.54, 1.807) is 24.3 Å². The molecular weight excluding hydrogens is 262 g/mol. The molecule has 1 aromatic carbocycles. The Hall–Kier alpha value is -1.92. The number of hydroxylamine groups is 2. The van der Waals surface area contributed by atoms with E-state index in [-0.39, 0.29) is 25.0 Å². The number of nitrogens with zero attached hydrogens (tertiary/aromatic N) is 1. The van der Waals surface area contributed by atoms with Gasteiger partial charge in [0.15, 0.2) is 0 Å². The molecule has 0 bridgehead atoms. The Kier molecular flexibility index (Phi) is 2.99. The van der Waals surface area contributed by atoms with E-state index in [2.05, 4.69) is 0 Å². The van der Waals surface area contributed by atoms with Crippen molar-refractivity contribution in [1.82, 2.24) is 5.06 Å². The number of piperidine rings is 1. The highest BCUT2D eigenvalue weighted by Gasteiger charge is 2.72. The summed E-state index contributed by atoms with van der Waals surface area (Å²) in [7, 11) is 0. The molecule has 3 atom stereocenters. The average Bonchev–Trinajstić information content (AvgIpc) is 3.11. The van der Waals surface area contributed by atoms with Gasteiger partial charge >= 0.3 is 11.9 Å². The van der Waals surface area contributed by atoms with Gasteiger partial charge < -0.3 is 15.1 Å². The van der Waals surface area contributed by atoms with Gasteiger partial charge in [-0.3, -0.25) is 0 Å². The van der Waals surface area contributed by atoms with E-state index in [9.17, 15) is 19.9 Å². The van der Waals surface area contributed by atoms with Crippen molar-refractivity contribution in [3.63, 3.8) is 0 Å².